The molecule has 0 atom stereocenters. The molecule has 1 aromatic carbocycles. The number of hydrogen-bond donors (Lipinski definition) is 0. The van der Waals surface area contributed by atoms with Crippen molar-refractivity contribution in [3.8, 4) is 0 Å². The van der Waals surface area contributed by atoms with Crippen molar-refractivity contribution in [1.29, 1.82) is 0 Å². The third-order valence-electron chi connectivity index (χ3n) is 1.56. The van der Waals surface area contributed by atoms with E-state index in [4.69, 9.17) is 0 Å². The van der Waals surface area contributed by atoms with Gasteiger partial charge >= 0.3 is 0 Å². The molecule has 0 unspecified atom stereocenters. The topological polar surface area (TPSA) is 38.9 Å². The predicted molar refractivity (Wildman–Crippen MR) is 44.2 cm³/mol. The molecule has 0 spiro atoms. The van der Waals surface area contributed by atoms with Gasteiger partial charge < -0.3 is 0 Å². The zero-order valence-electron chi connectivity index (χ0n) is 5.84. The van der Waals surface area contributed by atoms with Gasteiger partial charge in [-0.1, -0.05) is 6.07 Å². The summed E-state index contributed by atoms with van der Waals surface area (Å²) in [7, 11) is 0. The van der Waals surface area contributed by atoms with Gasteiger partial charge in [0.2, 0.25) is 0 Å². The molecule has 0 saturated heterocycles. The highest BCUT2D eigenvalue weighted by Crippen LogP contribution is 2.23. The normalized spacial score (nSPS) is 10.7. The number of aryl methyl sites for hydroxylation is 1. The van der Waals surface area contributed by atoms with Crippen LogP contribution in [0.3, 0.4) is 0 Å². The van der Waals surface area contributed by atoms with Crippen LogP contribution in [-0.2, 0) is 0 Å². The molecule has 0 bridgehead atoms. The first-order valence-electron chi connectivity index (χ1n) is 3.16. The van der Waals surface area contributed by atoms with Gasteiger partial charge in [-0.2, -0.15) is 0 Å². The van der Waals surface area contributed by atoms with Crippen LogP contribution in [0.25, 0.3) is 11.0 Å². The van der Waals surface area contributed by atoms with E-state index in [0.29, 0.717) is 0 Å². The molecule has 0 aliphatic rings. The molecule has 1 heterocycles. The fraction of sp³-hybridized carbons (Fsp3) is 0.143. The van der Waals surface area contributed by atoms with Crippen molar-refractivity contribution in [2.24, 2.45) is 0 Å². The smallest absolute Gasteiger partial charge is 0.149 e. The van der Waals surface area contributed by atoms with Crippen molar-refractivity contribution in [2.45, 2.75) is 6.92 Å². The van der Waals surface area contributed by atoms with Crippen LogP contribution in [0.1, 0.15) is 5.56 Å². The van der Waals surface area contributed by atoms with Gasteiger partial charge in [0.1, 0.15) is 11.0 Å². The van der Waals surface area contributed by atoms with E-state index in [2.05, 4.69) is 30.9 Å². The van der Waals surface area contributed by atoms with Gasteiger partial charge in [-0.3, -0.25) is 0 Å². The summed E-state index contributed by atoms with van der Waals surface area (Å²) in [5, 5.41) is 7.45. The monoisotopic (exact) mass is 212 g/mol. The molecule has 3 nitrogen and oxygen atoms in total. The molecular formula is C7H5BrN2O. The van der Waals surface area contributed by atoms with E-state index < -0.39 is 0 Å². The number of rotatable bonds is 0. The molecule has 1 aromatic heterocycles. The Balaban J connectivity index is 2.93. The number of aromatic nitrogens is 2. The van der Waals surface area contributed by atoms with Crippen LogP contribution in [0.4, 0.5) is 0 Å². The highest BCUT2D eigenvalue weighted by atomic mass is 79.9. The number of fused-ring (bicyclic) bond motifs is 1. The maximum Gasteiger partial charge on any atom is 0.149 e. The zero-order chi connectivity index (χ0) is 7.84. The van der Waals surface area contributed by atoms with E-state index in [-0.39, 0.29) is 0 Å². The first-order valence-corrected chi connectivity index (χ1v) is 3.96. The predicted octanol–water partition coefficient (Wildman–Crippen LogP) is 2.29. The fourth-order valence-electron chi connectivity index (χ4n) is 0.921. The summed E-state index contributed by atoms with van der Waals surface area (Å²) >= 11 is 3.40. The molecule has 2 aromatic rings. The summed E-state index contributed by atoms with van der Waals surface area (Å²) < 4.78 is 5.53. The standard InChI is InChI=1S/C7H5BrN2O/c1-4-2-3-5-7(6(4)8)10-11-9-5/h2-3H,1H3. The number of benzene rings is 1. The van der Waals surface area contributed by atoms with E-state index in [1.165, 1.54) is 0 Å². The lowest BCUT2D eigenvalue weighted by molar-refractivity contribution is 0.315. The lowest BCUT2D eigenvalue weighted by atomic mass is 10.2. The van der Waals surface area contributed by atoms with Crippen molar-refractivity contribution in [3.63, 3.8) is 0 Å². The van der Waals surface area contributed by atoms with Crippen LogP contribution < -0.4 is 0 Å². The Labute approximate surface area is 71.5 Å². The molecule has 0 saturated carbocycles. The molecule has 0 fully saturated rings. The quantitative estimate of drug-likeness (QED) is 0.673. The minimum Gasteiger partial charge on any atom is -0.243 e. The third-order valence-corrected chi connectivity index (χ3v) is 2.56. The fourth-order valence-corrected chi connectivity index (χ4v) is 1.33. The summed E-state index contributed by atoms with van der Waals surface area (Å²) in [5.74, 6) is 0. The minimum atomic E-state index is 0.780. The van der Waals surface area contributed by atoms with Gasteiger partial charge in [0.25, 0.3) is 0 Å². The van der Waals surface area contributed by atoms with Gasteiger partial charge in [0.05, 0.1) is 4.47 Å². The van der Waals surface area contributed by atoms with Gasteiger partial charge in [0, 0.05) is 0 Å². The minimum absolute atomic E-state index is 0.780. The first kappa shape index (κ1) is 6.79. The average Bonchev–Trinajstić information content (AvgIpc) is 2.45. The van der Waals surface area contributed by atoms with Crippen LogP contribution in [0.2, 0.25) is 0 Å². The highest BCUT2D eigenvalue weighted by molar-refractivity contribution is 9.10. The Kier molecular flexibility index (Phi) is 1.42. The van der Waals surface area contributed by atoms with Crippen LogP contribution >= 0.6 is 15.9 Å². The van der Waals surface area contributed by atoms with E-state index in [9.17, 15) is 0 Å². The van der Waals surface area contributed by atoms with Crippen LogP contribution in [0.5, 0.6) is 0 Å². The molecule has 4 heteroatoms. The molecule has 2 rings (SSSR count). The molecule has 0 amide bonds. The Hall–Kier alpha value is -0.900. The second-order valence-corrected chi connectivity index (χ2v) is 3.12. The van der Waals surface area contributed by atoms with E-state index in [1.54, 1.807) is 0 Å². The van der Waals surface area contributed by atoms with Crippen LogP contribution in [-0.4, -0.2) is 10.3 Å². The maximum absolute atomic E-state index is 4.57. The first-order chi connectivity index (χ1) is 5.29. The van der Waals surface area contributed by atoms with Crippen molar-refractivity contribution in [1.82, 2.24) is 10.3 Å². The van der Waals surface area contributed by atoms with Gasteiger partial charge in [-0.05, 0) is 44.8 Å². The van der Waals surface area contributed by atoms with E-state index >= 15 is 0 Å². The summed E-state index contributed by atoms with van der Waals surface area (Å²) in [4.78, 5) is 0. The molecule has 0 aliphatic heterocycles. The van der Waals surface area contributed by atoms with Crippen molar-refractivity contribution in [3.05, 3.63) is 22.2 Å². The molecule has 56 valence electrons. The van der Waals surface area contributed by atoms with Crippen LogP contribution in [0, 0.1) is 6.92 Å². The summed E-state index contributed by atoms with van der Waals surface area (Å²) in [6.45, 7) is 2.00. The third kappa shape index (κ3) is 0.939. The van der Waals surface area contributed by atoms with Crippen molar-refractivity contribution < 1.29 is 4.63 Å². The van der Waals surface area contributed by atoms with Gasteiger partial charge in [-0.15, -0.1) is 0 Å². The molecule has 0 N–H and O–H groups in total. The highest BCUT2D eigenvalue weighted by Gasteiger charge is 2.05. The lowest BCUT2D eigenvalue weighted by Gasteiger charge is -1.93. The van der Waals surface area contributed by atoms with Crippen molar-refractivity contribution in [2.75, 3.05) is 0 Å². The molecule has 0 radical (unpaired) electrons. The summed E-state index contributed by atoms with van der Waals surface area (Å²) in [6, 6.07) is 3.85. The summed E-state index contributed by atoms with van der Waals surface area (Å²) in [6.07, 6.45) is 0. The lowest BCUT2D eigenvalue weighted by Crippen LogP contribution is -1.77. The second-order valence-electron chi connectivity index (χ2n) is 2.33. The molecule has 0 aliphatic carbocycles. The van der Waals surface area contributed by atoms with Crippen molar-refractivity contribution >= 4 is 27.0 Å². The second kappa shape index (κ2) is 2.30. The summed E-state index contributed by atoms with van der Waals surface area (Å²) in [5.41, 5.74) is 2.70. The molecular weight excluding hydrogens is 208 g/mol. The largest absolute Gasteiger partial charge is 0.243 e. The Morgan fingerprint density at radius 2 is 2.18 bits per heavy atom. The van der Waals surface area contributed by atoms with E-state index in [1.807, 2.05) is 19.1 Å². The zero-order valence-corrected chi connectivity index (χ0v) is 7.42. The SMILES string of the molecule is Cc1ccc2nonc2c1Br. The van der Waals surface area contributed by atoms with E-state index in [0.717, 1.165) is 21.1 Å². The average molecular weight is 213 g/mol. The maximum atomic E-state index is 4.57. The Morgan fingerprint density at radius 1 is 1.36 bits per heavy atom. The number of nitrogens with zero attached hydrogens (tertiary/aromatic N) is 2. The number of hydrogen-bond acceptors (Lipinski definition) is 3. The van der Waals surface area contributed by atoms with Gasteiger partial charge in [0.15, 0.2) is 0 Å². The van der Waals surface area contributed by atoms with Crippen LogP contribution in [0.15, 0.2) is 21.2 Å². The van der Waals surface area contributed by atoms with Gasteiger partial charge in [-0.25, -0.2) is 4.63 Å². The number of halogens is 1. The molecule has 11 heavy (non-hydrogen) atoms. The Morgan fingerprint density at radius 3 is 3.00 bits per heavy atom. The Bertz CT molecular complexity index is 396.